The minimum atomic E-state index is -0.337. The van der Waals surface area contributed by atoms with Gasteiger partial charge in [0, 0.05) is 5.88 Å². The van der Waals surface area contributed by atoms with Crippen molar-refractivity contribution in [2.75, 3.05) is 18.6 Å². The first kappa shape index (κ1) is 10.1. The monoisotopic (exact) mass is 226 g/mol. The molecule has 15 heavy (non-hydrogen) atoms. The van der Waals surface area contributed by atoms with Gasteiger partial charge in [-0.25, -0.2) is 9.80 Å². The molecule has 80 valence electrons. The molecule has 0 saturated carbocycles. The van der Waals surface area contributed by atoms with Gasteiger partial charge in [-0.05, 0) is 17.7 Å². The maximum atomic E-state index is 11.1. The number of rotatable bonds is 3. The van der Waals surface area contributed by atoms with Crippen molar-refractivity contribution in [3.63, 3.8) is 0 Å². The fourth-order valence-electron chi connectivity index (χ4n) is 1.32. The third kappa shape index (κ3) is 2.33. The number of hydrogen-bond donors (Lipinski definition) is 1. The molecule has 0 spiro atoms. The molecule has 1 N–H and O–H groups in total. The molecule has 4 nitrogen and oxygen atoms in total. The first-order chi connectivity index (χ1) is 7.29. The summed E-state index contributed by atoms with van der Waals surface area (Å²) < 4.78 is 4.79. The van der Waals surface area contributed by atoms with Crippen LogP contribution in [0.1, 0.15) is 5.56 Å². The van der Waals surface area contributed by atoms with Gasteiger partial charge in [-0.3, -0.25) is 5.43 Å². The van der Waals surface area contributed by atoms with Crippen molar-refractivity contribution in [1.29, 1.82) is 0 Å². The van der Waals surface area contributed by atoms with E-state index in [4.69, 9.17) is 16.3 Å². The number of benzene rings is 1. The summed E-state index contributed by atoms with van der Waals surface area (Å²) in [6.45, 7) is 1.00. The smallest absolute Gasteiger partial charge is 0.428 e. The van der Waals surface area contributed by atoms with Crippen molar-refractivity contribution in [2.24, 2.45) is 0 Å². The summed E-state index contributed by atoms with van der Waals surface area (Å²) in [5.41, 5.74) is 4.85. The topological polar surface area (TPSA) is 41.6 Å². The Kier molecular flexibility index (Phi) is 2.97. The van der Waals surface area contributed by atoms with Gasteiger partial charge in [0.2, 0.25) is 0 Å². The zero-order chi connectivity index (χ0) is 10.7. The first-order valence-electron chi connectivity index (χ1n) is 4.65. The van der Waals surface area contributed by atoms with Gasteiger partial charge in [0.15, 0.2) is 0 Å². The molecule has 5 heteroatoms. The average molecular weight is 227 g/mol. The highest BCUT2D eigenvalue weighted by molar-refractivity contribution is 6.17. The molecule has 0 aromatic heterocycles. The summed E-state index contributed by atoms with van der Waals surface area (Å²) >= 11 is 5.67. The molecule has 1 heterocycles. The number of carbonyl (C=O) groups is 1. The maximum Gasteiger partial charge on any atom is 0.428 e. The molecule has 1 amide bonds. The van der Waals surface area contributed by atoms with Crippen LogP contribution in [0, 0.1) is 0 Å². The number of carbonyl (C=O) groups excluding carboxylic acids is 1. The Morgan fingerprint density at radius 2 is 2.13 bits per heavy atom. The van der Waals surface area contributed by atoms with E-state index < -0.39 is 0 Å². The molecule has 0 unspecified atom stereocenters. The number of ether oxygens (including phenoxy) is 1. The number of nitrogens with one attached hydrogen (secondary N) is 1. The maximum absolute atomic E-state index is 11.1. The lowest BCUT2D eigenvalue weighted by molar-refractivity contribution is 0.163. The Hall–Kier alpha value is -1.42. The third-order valence-electron chi connectivity index (χ3n) is 2.13. The van der Waals surface area contributed by atoms with Gasteiger partial charge in [-0.1, -0.05) is 12.1 Å². The lowest BCUT2D eigenvalue weighted by atomic mass is 10.2. The minimum absolute atomic E-state index is 0.337. The molecule has 0 bridgehead atoms. The average Bonchev–Trinajstić information content (AvgIpc) is 2.66. The Balaban J connectivity index is 2.01. The fourth-order valence-corrected chi connectivity index (χ4v) is 1.50. The highest BCUT2D eigenvalue weighted by atomic mass is 35.5. The van der Waals surface area contributed by atoms with Gasteiger partial charge in [-0.2, -0.15) is 0 Å². The fraction of sp³-hybridized carbons (Fsp3) is 0.300. The van der Waals surface area contributed by atoms with Gasteiger partial charge < -0.3 is 4.74 Å². The standard InChI is InChI=1S/C10H11ClN2O2/c11-7-8-1-3-9(4-2-8)12-13-5-6-15-10(13)14/h1-4,12H,5-7H2. The van der Waals surface area contributed by atoms with E-state index in [9.17, 15) is 4.79 Å². The number of cyclic esters (lactones) is 1. The van der Waals surface area contributed by atoms with Crippen LogP contribution >= 0.6 is 11.6 Å². The van der Waals surface area contributed by atoms with Gasteiger partial charge in [-0.15, -0.1) is 11.6 Å². The van der Waals surface area contributed by atoms with E-state index in [-0.39, 0.29) is 6.09 Å². The Morgan fingerprint density at radius 1 is 1.40 bits per heavy atom. The van der Waals surface area contributed by atoms with Gasteiger partial charge >= 0.3 is 6.09 Å². The minimum Gasteiger partial charge on any atom is -0.446 e. The number of amides is 1. The van der Waals surface area contributed by atoms with E-state index in [1.807, 2.05) is 24.3 Å². The molecule has 1 fully saturated rings. The second kappa shape index (κ2) is 4.40. The van der Waals surface area contributed by atoms with Gasteiger partial charge in [0.05, 0.1) is 12.2 Å². The number of hydrogen-bond acceptors (Lipinski definition) is 3. The third-order valence-corrected chi connectivity index (χ3v) is 2.44. The van der Waals surface area contributed by atoms with Crippen molar-refractivity contribution in [3.05, 3.63) is 29.8 Å². The van der Waals surface area contributed by atoms with Crippen molar-refractivity contribution in [3.8, 4) is 0 Å². The van der Waals surface area contributed by atoms with E-state index in [0.29, 0.717) is 19.0 Å². The molecule has 2 rings (SSSR count). The summed E-state index contributed by atoms with van der Waals surface area (Å²) in [6.07, 6.45) is -0.337. The predicted molar refractivity (Wildman–Crippen MR) is 57.7 cm³/mol. The second-order valence-electron chi connectivity index (χ2n) is 3.21. The number of alkyl halides is 1. The van der Waals surface area contributed by atoms with Crippen molar-refractivity contribution in [2.45, 2.75) is 5.88 Å². The number of halogens is 1. The number of nitrogens with zero attached hydrogens (tertiary/aromatic N) is 1. The van der Waals surface area contributed by atoms with Crippen LogP contribution in [-0.2, 0) is 10.6 Å². The number of anilines is 1. The van der Waals surface area contributed by atoms with Crippen LogP contribution in [0.4, 0.5) is 10.5 Å². The molecule has 1 aliphatic rings. The zero-order valence-electron chi connectivity index (χ0n) is 8.07. The van der Waals surface area contributed by atoms with Crippen molar-refractivity contribution >= 4 is 23.4 Å². The lowest BCUT2D eigenvalue weighted by Gasteiger charge is -2.15. The van der Waals surface area contributed by atoms with Crippen LogP contribution in [0.2, 0.25) is 0 Å². The van der Waals surface area contributed by atoms with Crippen LogP contribution < -0.4 is 5.43 Å². The SMILES string of the molecule is O=C1OCCN1Nc1ccc(CCl)cc1. The molecular formula is C10H11ClN2O2. The highest BCUT2D eigenvalue weighted by Crippen LogP contribution is 2.13. The summed E-state index contributed by atoms with van der Waals surface area (Å²) in [4.78, 5) is 11.1. The predicted octanol–water partition coefficient (Wildman–Crippen LogP) is 2.20. The van der Waals surface area contributed by atoms with E-state index in [0.717, 1.165) is 11.3 Å². The Labute approximate surface area is 92.7 Å². The van der Waals surface area contributed by atoms with Crippen LogP contribution in [0.25, 0.3) is 0 Å². The quantitative estimate of drug-likeness (QED) is 0.804. The van der Waals surface area contributed by atoms with E-state index in [1.54, 1.807) is 0 Å². The zero-order valence-corrected chi connectivity index (χ0v) is 8.83. The van der Waals surface area contributed by atoms with E-state index >= 15 is 0 Å². The van der Waals surface area contributed by atoms with E-state index in [1.165, 1.54) is 5.01 Å². The Morgan fingerprint density at radius 3 is 2.67 bits per heavy atom. The summed E-state index contributed by atoms with van der Waals surface area (Å²) in [6, 6.07) is 7.58. The first-order valence-corrected chi connectivity index (χ1v) is 5.19. The van der Waals surface area contributed by atoms with Gasteiger partial charge in [0.25, 0.3) is 0 Å². The highest BCUT2D eigenvalue weighted by Gasteiger charge is 2.21. The normalized spacial score (nSPS) is 15.3. The van der Waals surface area contributed by atoms with Crippen molar-refractivity contribution in [1.82, 2.24) is 5.01 Å². The Bertz CT molecular complexity index is 353. The summed E-state index contributed by atoms with van der Waals surface area (Å²) in [5, 5.41) is 1.44. The van der Waals surface area contributed by atoms with Crippen molar-refractivity contribution < 1.29 is 9.53 Å². The van der Waals surface area contributed by atoms with Crippen LogP contribution in [0.15, 0.2) is 24.3 Å². The molecule has 1 aliphatic heterocycles. The van der Waals surface area contributed by atoms with Crippen LogP contribution in [0.5, 0.6) is 0 Å². The van der Waals surface area contributed by atoms with Gasteiger partial charge in [0.1, 0.15) is 6.61 Å². The summed E-state index contributed by atoms with van der Waals surface area (Å²) in [5.74, 6) is 0.492. The molecule has 1 aromatic carbocycles. The van der Waals surface area contributed by atoms with E-state index in [2.05, 4.69) is 5.43 Å². The lowest BCUT2D eigenvalue weighted by Crippen LogP contribution is -2.30. The summed E-state index contributed by atoms with van der Waals surface area (Å²) in [7, 11) is 0. The van der Waals surface area contributed by atoms with Crippen LogP contribution in [-0.4, -0.2) is 24.3 Å². The molecule has 0 atom stereocenters. The molecular weight excluding hydrogens is 216 g/mol. The number of hydrazine groups is 1. The molecule has 0 aliphatic carbocycles. The largest absolute Gasteiger partial charge is 0.446 e. The molecule has 1 saturated heterocycles. The second-order valence-corrected chi connectivity index (χ2v) is 3.48. The molecule has 0 radical (unpaired) electrons. The van der Waals surface area contributed by atoms with Crippen LogP contribution in [0.3, 0.4) is 0 Å². The molecule has 1 aromatic rings.